The Morgan fingerprint density at radius 2 is 0.883 bits per heavy atom. The molecule has 0 radical (unpaired) electrons. The van der Waals surface area contributed by atoms with E-state index in [-0.39, 0.29) is 29.3 Å². The van der Waals surface area contributed by atoms with Crippen LogP contribution in [0.5, 0.6) is 5.75 Å². The van der Waals surface area contributed by atoms with Gasteiger partial charge in [0.15, 0.2) is 6.61 Å². The summed E-state index contributed by atoms with van der Waals surface area (Å²) in [7, 11) is 0. The third kappa shape index (κ3) is 8.28. The fourth-order valence-electron chi connectivity index (χ4n) is 10.4. The summed E-state index contributed by atoms with van der Waals surface area (Å²) in [6.07, 6.45) is 11.5. The molecular weight excluding hydrogens is 741 g/mol. The van der Waals surface area contributed by atoms with Crippen molar-refractivity contribution in [3.05, 3.63) is 145 Å². The van der Waals surface area contributed by atoms with Crippen molar-refractivity contribution in [2.45, 2.75) is 130 Å². The van der Waals surface area contributed by atoms with E-state index in [0.29, 0.717) is 11.3 Å². The zero-order valence-electron chi connectivity index (χ0n) is 37.1. The highest BCUT2D eigenvalue weighted by molar-refractivity contribution is 6.05. The molecule has 0 saturated heterocycles. The van der Waals surface area contributed by atoms with Gasteiger partial charge in [0.05, 0.1) is 0 Å². The number of hydrogen-bond acceptors (Lipinski definition) is 5. The van der Waals surface area contributed by atoms with Gasteiger partial charge in [-0.2, -0.15) is 0 Å². The minimum Gasteiger partial charge on any atom is -0.484 e. The number of anilines is 4. The maximum Gasteiger partial charge on any atom is 0.262 e. The van der Waals surface area contributed by atoms with Crippen molar-refractivity contribution in [1.29, 1.82) is 0 Å². The lowest BCUT2D eigenvalue weighted by atomic mass is 9.64. The molecule has 314 valence electrons. The molecule has 7 rings (SSSR count). The van der Waals surface area contributed by atoms with Gasteiger partial charge in [0, 0.05) is 39.1 Å². The van der Waals surface area contributed by atoms with Crippen LogP contribution < -0.4 is 26.8 Å². The van der Waals surface area contributed by atoms with E-state index in [1.807, 2.05) is 0 Å². The maximum atomic E-state index is 13.7. The number of rotatable bonds is 10. The largest absolute Gasteiger partial charge is 0.484 e. The van der Waals surface area contributed by atoms with Crippen LogP contribution in [0, 0.1) is 55.4 Å². The predicted molar refractivity (Wildman–Crippen MR) is 249 cm³/mol. The van der Waals surface area contributed by atoms with E-state index in [1.165, 1.54) is 60.8 Å². The molecule has 0 unspecified atom stereocenters. The van der Waals surface area contributed by atoms with Crippen molar-refractivity contribution in [2.75, 3.05) is 28.7 Å². The highest BCUT2D eigenvalue weighted by Gasteiger charge is 2.38. The summed E-state index contributed by atoms with van der Waals surface area (Å²) < 4.78 is 5.98. The summed E-state index contributed by atoms with van der Waals surface area (Å²) in [6, 6.07) is 25.2. The van der Waals surface area contributed by atoms with Crippen LogP contribution in [0.2, 0.25) is 0 Å². The normalized spacial score (nSPS) is 15.9. The molecule has 7 heteroatoms. The third-order valence-electron chi connectivity index (χ3n) is 13.8. The van der Waals surface area contributed by atoms with Crippen molar-refractivity contribution < 1.29 is 14.3 Å². The lowest BCUT2D eigenvalue weighted by molar-refractivity contribution is -0.118. The molecule has 2 aliphatic carbocycles. The topological polar surface area (TPSA) is 119 Å². The number of aryl methyl sites for hydroxylation is 8. The van der Waals surface area contributed by atoms with Crippen LogP contribution in [-0.4, -0.2) is 18.4 Å². The van der Waals surface area contributed by atoms with Crippen molar-refractivity contribution in [1.82, 2.24) is 0 Å². The van der Waals surface area contributed by atoms with Gasteiger partial charge in [-0.15, -0.1) is 0 Å². The number of carbonyl (C=O) groups is 2. The van der Waals surface area contributed by atoms with Gasteiger partial charge in [-0.1, -0.05) is 93.1 Å². The number of hydrogen-bond donors (Lipinski definition) is 4. The van der Waals surface area contributed by atoms with E-state index in [0.717, 1.165) is 92.9 Å². The fourth-order valence-corrected chi connectivity index (χ4v) is 10.4. The Bertz CT molecular complexity index is 2360. The molecular formula is C53H64N4O3. The molecule has 2 saturated carbocycles. The Balaban J connectivity index is 1.04. The van der Waals surface area contributed by atoms with Gasteiger partial charge in [0.1, 0.15) is 5.75 Å². The smallest absolute Gasteiger partial charge is 0.262 e. The fraction of sp³-hybridized carbons (Fsp3) is 0.396. The summed E-state index contributed by atoms with van der Waals surface area (Å²) in [5.41, 5.74) is 30.2. The summed E-state index contributed by atoms with van der Waals surface area (Å²) in [5, 5.41) is 6.32. The van der Waals surface area contributed by atoms with Gasteiger partial charge in [0.2, 0.25) is 0 Å². The van der Waals surface area contributed by atoms with Crippen LogP contribution in [0.3, 0.4) is 0 Å². The van der Waals surface area contributed by atoms with E-state index in [1.54, 1.807) is 24.3 Å². The van der Waals surface area contributed by atoms with Gasteiger partial charge in [0.25, 0.3) is 11.8 Å². The molecule has 2 fully saturated rings. The Morgan fingerprint density at radius 3 is 1.28 bits per heavy atom. The van der Waals surface area contributed by atoms with Gasteiger partial charge in [-0.05, 0) is 166 Å². The Kier molecular flexibility index (Phi) is 12.2. The first kappa shape index (κ1) is 42.6. The number of ether oxygens (including phenoxy) is 1. The zero-order valence-corrected chi connectivity index (χ0v) is 37.1. The third-order valence-corrected chi connectivity index (χ3v) is 13.8. The van der Waals surface area contributed by atoms with Gasteiger partial charge in [-0.25, -0.2) is 0 Å². The molecule has 0 aliphatic heterocycles. The summed E-state index contributed by atoms with van der Waals surface area (Å²) in [6.45, 7) is 16.5. The number of nitrogens with two attached hydrogens (primary N) is 2. The van der Waals surface area contributed by atoms with E-state index in [2.05, 4.69) is 115 Å². The second-order valence-electron chi connectivity index (χ2n) is 18.1. The lowest BCUT2D eigenvalue weighted by Crippen LogP contribution is -2.31. The highest BCUT2D eigenvalue weighted by atomic mass is 16.5. The Morgan fingerprint density at radius 1 is 0.517 bits per heavy atom. The molecule has 0 atom stereocenters. The van der Waals surface area contributed by atoms with Crippen LogP contribution >= 0.6 is 0 Å². The van der Waals surface area contributed by atoms with Crippen LogP contribution in [0.1, 0.15) is 141 Å². The zero-order chi connectivity index (χ0) is 42.9. The Hall–Kier alpha value is -5.56. The first-order valence-corrected chi connectivity index (χ1v) is 21.9. The summed E-state index contributed by atoms with van der Waals surface area (Å²) in [5.74, 6) is -0.0354. The van der Waals surface area contributed by atoms with Gasteiger partial charge < -0.3 is 26.8 Å². The molecule has 6 N–H and O–H groups in total. The first-order valence-electron chi connectivity index (χ1n) is 21.9. The van der Waals surface area contributed by atoms with Crippen LogP contribution in [0.15, 0.2) is 72.8 Å². The number of nitrogens with one attached hydrogen (secondary N) is 2. The molecule has 0 aromatic heterocycles. The molecule has 2 aliphatic rings. The van der Waals surface area contributed by atoms with Crippen LogP contribution in [0.25, 0.3) is 0 Å². The number of amides is 2. The number of nitrogen functional groups attached to an aromatic ring is 2. The summed E-state index contributed by atoms with van der Waals surface area (Å²) >= 11 is 0. The van der Waals surface area contributed by atoms with Gasteiger partial charge >= 0.3 is 0 Å². The predicted octanol–water partition coefficient (Wildman–Crippen LogP) is 12.1. The molecule has 0 spiro atoms. The van der Waals surface area contributed by atoms with Crippen molar-refractivity contribution in [3.63, 3.8) is 0 Å². The van der Waals surface area contributed by atoms with E-state index in [9.17, 15) is 9.59 Å². The van der Waals surface area contributed by atoms with Crippen molar-refractivity contribution in [3.8, 4) is 5.75 Å². The van der Waals surface area contributed by atoms with Crippen molar-refractivity contribution >= 4 is 34.6 Å². The quantitative estimate of drug-likeness (QED) is 0.105. The SMILES string of the molecule is Cc1cc(C2(c3cc(C)c(NC(=O)COc4cccc(C(=O)Nc5c(C)cc(C6(c7cc(C)c(N)c(C)c7)CCCCC6)cc5C)c4)c(C)c3)CCCCC2)cc(C)c1N. The molecule has 2 amide bonds. The monoisotopic (exact) mass is 804 g/mol. The molecule has 0 heterocycles. The molecule has 0 bridgehead atoms. The van der Waals surface area contributed by atoms with Crippen LogP contribution in [-0.2, 0) is 15.6 Å². The Labute approximate surface area is 357 Å². The minimum absolute atomic E-state index is 0.0880. The van der Waals surface area contributed by atoms with Crippen LogP contribution in [0.4, 0.5) is 22.7 Å². The highest BCUT2D eigenvalue weighted by Crippen LogP contribution is 2.49. The molecule has 60 heavy (non-hydrogen) atoms. The van der Waals surface area contributed by atoms with Crippen molar-refractivity contribution in [2.24, 2.45) is 0 Å². The average Bonchev–Trinajstić information content (AvgIpc) is 3.23. The number of benzene rings is 5. The second kappa shape index (κ2) is 17.2. The lowest BCUT2D eigenvalue weighted by Gasteiger charge is -2.40. The standard InChI is InChI=1S/C53H64N4O3/c1-32-22-41(23-33(2)47(32)54)52(18-11-9-12-19-52)43-26-36(5)49(37(6)27-43)56-46(58)31-60-45-17-15-16-40(30-45)51(59)57-50-38(7)28-44(29-39(50)8)53(20-13-10-14-21-53)42-24-34(3)48(55)35(4)25-42/h15-17,22-30H,9-14,18-21,31,54-55H2,1-8H3,(H,56,58)(H,57,59). The maximum absolute atomic E-state index is 13.7. The summed E-state index contributed by atoms with van der Waals surface area (Å²) in [4.78, 5) is 27.1. The second-order valence-corrected chi connectivity index (χ2v) is 18.1. The molecule has 7 nitrogen and oxygen atoms in total. The molecule has 5 aromatic rings. The number of carbonyl (C=O) groups excluding carboxylic acids is 2. The van der Waals surface area contributed by atoms with Gasteiger partial charge in [-0.3, -0.25) is 9.59 Å². The van der Waals surface area contributed by atoms with E-state index >= 15 is 0 Å². The first-order chi connectivity index (χ1) is 28.6. The van der Waals surface area contributed by atoms with E-state index in [4.69, 9.17) is 16.2 Å². The molecule has 5 aromatic carbocycles. The van der Waals surface area contributed by atoms with E-state index < -0.39 is 0 Å². The average molecular weight is 805 g/mol. The minimum atomic E-state index is -0.257.